The van der Waals surface area contributed by atoms with Gasteiger partial charge >= 0.3 is 0 Å². The Kier molecular flexibility index (Phi) is 6.85. The largest absolute Gasteiger partial charge is 0.324 e. The van der Waals surface area contributed by atoms with E-state index in [2.05, 4.69) is 19.2 Å². The van der Waals surface area contributed by atoms with Crippen LogP contribution in [0.2, 0.25) is 0 Å². The summed E-state index contributed by atoms with van der Waals surface area (Å²) in [5, 5.41) is 2.88. The van der Waals surface area contributed by atoms with Crippen LogP contribution in [0.25, 0.3) is 0 Å². The fraction of sp³-hybridized carbons (Fsp3) is 0.462. The van der Waals surface area contributed by atoms with E-state index < -0.39 is 6.04 Å². The molecule has 1 aromatic rings. The van der Waals surface area contributed by atoms with Crippen molar-refractivity contribution in [3.05, 3.63) is 29.8 Å². The molecule has 1 atom stereocenters. The van der Waals surface area contributed by atoms with Gasteiger partial charge in [-0.2, -0.15) is 0 Å². The third kappa shape index (κ3) is 4.36. The Morgan fingerprint density at radius 1 is 1.35 bits per heavy atom. The minimum atomic E-state index is -0.430. The first-order valence-corrected chi connectivity index (χ1v) is 5.71. The van der Waals surface area contributed by atoms with E-state index in [1.165, 1.54) is 0 Å². The number of rotatable bonds is 4. The molecule has 17 heavy (non-hydrogen) atoms. The molecule has 0 saturated heterocycles. The normalized spacial score (nSPS) is 11.8. The first-order valence-electron chi connectivity index (χ1n) is 5.71. The predicted molar refractivity (Wildman–Crippen MR) is 74.7 cm³/mol. The molecular weight excluding hydrogens is 236 g/mol. The fourth-order valence-electron chi connectivity index (χ4n) is 1.53. The van der Waals surface area contributed by atoms with Gasteiger partial charge in [-0.15, -0.1) is 12.4 Å². The summed E-state index contributed by atoms with van der Waals surface area (Å²) in [7, 11) is 0. The number of hydrogen-bond donors (Lipinski definition) is 2. The van der Waals surface area contributed by atoms with E-state index in [1.54, 1.807) is 0 Å². The number of nitrogens with two attached hydrogens (primary N) is 1. The quantitative estimate of drug-likeness (QED) is 0.870. The molecule has 0 aliphatic carbocycles. The van der Waals surface area contributed by atoms with E-state index in [0.717, 1.165) is 11.3 Å². The van der Waals surface area contributed by atoms with Crippen molar-refractivity contribution < 1.29 is 4.79 Å². The second kappa shape index (κ2) is 7.30. The van der Waals surface area contributed by atoms with Gasteiger partial charge in [0.05, 0.1) is 6.04 Å². The molecule has 1 amide bonds. The maximum Gasteiger partial charge on any atom is 0.241 e. The Balaban J connectivity index is 0.00000256. The van der Waals surface area contributed by atoms with Crippen LogP contribution in [0.15, 0.2) is 24.3 Å². The predicted octanol–water partition coefficient (Wildman–Crippen LogP) is 2.91. The molecular formula is C13H21ClN2O. The van der Waals surface area contributed by atoms with E-state index >= 15 is 0 Å². The highest BCUT2D eigenvalue weighted by Crippen LogP contribution is 2.23. The molecule has 0 heterocycles. The second-order valence-electron chi connectivity index (χ2n) is 4.25. The third-order valence-electron chi connectivity index (χ3n) is 2.62. The van der Waals surface area contributed by atoms with Crippen molar-refractivity contribution >= 4 is 24.0 Å². The Morgan fingerprint density at radius 2 is 1.94 bits per heavy atom. The van der Waals surface area contributed by atoms with Gasteiger partial charge in [0.25, 0.3) is 0 Å². The van der Waals surface area contributed by atoms with Crippen LogP contribution in [0, 0.1) is 0 Å². The molecule has 96 valence electrons. The van der Waals surface area contributed by atoms with Crippen molar-refractivity contribution in [3.8, 4) is 0 Å². The lowest BCUT2D eigenvalue weighted by Crippen LogP contribution is -2.35. The number of carbonyl (C=O) groups is 1. The number of amides is 1. The molecule has 0 radical (unpaired) electrons. The van der Waals surface area contributed by atoms with Gasteiger partial charge in [-0.3, -0.25) is 4.79 Å². The van der Waals surface area contributed by atoms with Gasteiger partial charge in [0.2, 0.25) is 5.91 Å². The Hall–Kier alpha value is -1.06. The number of anilines is 1. The van der Waals surface area contributed by atoms with E-state index in [0.29, 0.717) is 12.3 Å². The van der Waals surface area contributed by atoms with Gasteiger partial charge in [0, 0.05) is 5.69 Å². The number of halogens is 1. The van der Waals surface area contributed by atoms with Crippen LogP contribution in [0.4, 0.5) is 5.69 Å². The molecule has 0 aliphatic heterocycles. The SMILES string of the molecule is CC[C@H](N)C(=O)Nc1ccccc1C(C)C.Cl. The molecule has 0 unspecified atom stereocenters. The highest BCUT2D eigenvalue weighted by Gasteiger charge is 2.13. The van der Waals surface area contributed by atoms with Crippen molar-refractivity contribution in [2.75, 3.05) is 5.32 Å². The summed E-state index contributed by atoms with van der Waals surface area (Å²) in [6, 6.07) is 7.40. The highest BCUT2D eigenvalue weighted by atomic mass is 35.5. The van der Waals surface area contributed by atoms with Gasteiger partial charge in [-0.1, -0.05) is 39.0 Å². The molecule has 0 bridgehead atoms. The molecule has 3 nitrogen and oxygen atoms in total. The summed E-state index contributed by atoms with van der Waals surface area (Å²) in [5.74, 6) is 0.268. The summed E-state index contributed by atoms with van der Waals surface area (Å²) in [4.78, 5) is 11.7. The number of benzene rings is 1. The summed E-state index contributed by atoms with van der Waals surface area (Å²) in [5.41, 5.74) is 7.68. The number of para-hydroxylation sites is 1. The first-order chi connectivity index (χ1) is 7.56. The van der Waals surface area contributed by atoms with Crippen LogP contribution in [0.5, 0.6) is 0 Å². The standard InChI is InChI=1S/C13H20N2O.ClH/c1-4-11(14)13(16)15-12-8-6-5-7-10(12)9(2)3;/h5-9,11H,4,14H2,1-3H3,(H,15,16);1H/t11-;/m0./s1. The topological polar surface area (TPSA) is 55.1 Å². The minimum absolute atomic E-state index is 0. The number of carbonyl (C=O) groups excluding carboxylic acids is 1. The van der Waals surface area contributed by atoms with Crippen molar-refractivity contribution in [2.24, 2.45) is 5.73 Å². The highest BCUT2D eigenvalue weighted by molar-refractivity contribution is 5.95. The van der Waals surface area contributed by atoms with E-state index in [1.807, 2.05) is 31.2 Å². The minimum Gasteiger partial charge on any atom is -0.324 e. The lowest BCUT2D eigenvalue weighted by atomic mass is 10.0. The molecule has 0 fully saturated rings. The van der Waals surface area contributed by atoms with Crippen molar-refractivity contribution in [3.63, 3.8) is 0 Å². The smallest absolute Gasteiger partial charge is 0.241 e. The van der Waals surface area contributed by atoms with E-state index in [9.17, 15) is 4.79 Å². The monoisotopic (exact) mass is 256 g/mol. The van der Waals surface area contributed by atoms with Crippen molar-refractivity contribution in [1.29, 1.82) is 0 Å². The van der Waals surface area contributed by atoms with Gasteiger partial charge in [-0.05, 0) is 24.0 Å². The number of hydrogen-bond acceptors (Lipinski definition) is 2. The van der Waals surface area contributed by atoms with Gasteiger partial charge in [0.15, 0.2) is 0 Å². The summed E-state index contributed by atoms with van der Waals surface area (Å²) < 4.78 is 0. The second-order valence-corrected chi connectivity index (χ2v) is 4.25. The fourth-order valence-corrected chi connectivity index (χ4v) is 1.53. The van der Waals surface area contributed by atoms with Crippen LogP contribution in [-0.2, 0) is 4.79 Å². The zero-order chi connectivity index (χ0) is 12.1. The third-order valence-corrected chi connectivity index (χ3v) is 2.62. The average molecular weight is 257 g/mol. The number of nitrogens with one attached hydrogen (secondary N) is 1. The van der Waals surface area contributed by atoms with Crippen LogP contribution in [0.3, 0.4) is 0 Å². The maximum absolute atomic E-state index is 11.7. The summed E-state index contributed by atoms with van der Waals surface area (Å²) >= 11 is 0. The molecule has 0 aromatic heterocycles. The summed E-state index contributed by atoms with van der Waals surface area (Å²) in [6.07, 6.45) is 0.648. The van der Waals surface area contributed by atoms with Crippen molar-refractivity contribution in [1.82, 2.24) is 0 Å². The zero-order valence-corrected chi connectivity index (χ0v) is 11.4. The Bertz CT molecular complexity index is 366. The molecule has 4 heteroatoms. The van der Waals surface area contributed by atoms with E-state index in [-0.39, 0.29) is 18.3 Å². The maximum atomic E-state index is 11.7. The van der Waals surface area contributed by atoms with Crippen LogP contribution in [-0.4, -0.2) is 11.9 Å². The van der Waals surface area contributed by atoms with Gasteiger partial charge < -0.3 is 11.1 Å². The first kappa shape index (κ1) is 15.9. The molecule has 0 spiro atoms. The molecule has 1 rings (SSSR count). The van der Waals surface area contributed by atoms with Crippen LogP contribution >= 0.6 is 12.4 Å². The van der Waals surface area contributed by atoms with E-state index in [4.69, 9.17) is 5.73 Å². The molecule has 0 saturated carbocycles. The Labute approximate surface area is 109 Å². The van der Waals surface area contributed by atoms with Gasteiger partial charge in [-0.25, -0.2) is 0 Å². The van der Waals surface area contributed by atoms with Gasteiger partial charge in [0.1, 0.15) is 0 Å². The molecule has 0 aliphatic rings. The Morgan fingerprint density at radius 3 is 2.47 bits per heavy atom. The molecule has 3 N–H and O–H groups in total. The summed E-state index contributed by atoms with van der Waals surface area (Å²) in [6.45, 7) is 6.11. The lowest BCUT2D eigenvalue weighted by molar-refractivity contribution is -0.117. The zero-order valence-electron chi connectivity index (χ0n) is 10.6. The van der Waals surface area contributed by atoms with Crippen LogP contribution in [0.1, 0.15) is 38.7 Å². The van der Waals surface area contributed by atoms with Crippen LogP contribution < -0.4 is 11.1 Å². The van der Waals surface area contributed by atoms with Crippen molar-refractivity contribution in [2.45, 2.75) is 39.2 Å². The molecule has 1 aromatic carbocycles. The lowest BCUT2D eigenvalue weighted by Gasteiger charge is -2.15. The average Bonchev–Trinajstić information content (AvgIpc) is 2.28.